The number of hydrogen-bond donors (Lipinski definition) is 2. The summed E-state index contributed by atoms with van der Waals surface area (Å²) in [5.41, 5.74) is 0.184. The Labute approximate surface area is 101 Å². The number of carbonyl (C=O) groups is 1. The Morgan fingerprint density at radius 2 is 2.47 bits per heavy atom. The highest BCUT2D eigenvalue weighted by Gasteiger charge is 2.42. The summed E-state index contributed by atoms with van der Waals surface area (Å²) in [7, 11) is 1.73. The Morgan fingerprint density at radius 1 is 1.71 bits per heavy atom. The minimum absolute atomic E-state index is 0.181. The molecule has 5 nitrogen and oxygen atoms in total. The molecule has 2 unspecified atom stereocenters. The molecule has 1 heterocycles. The van der Waals surface area contributed by atoms with Gasteiger partial charge in [-0.3, -0.25) is 9.48 Å². The van der Waals surface area contributed by atoms with Crippen LogP contribution in [0, 0.1) is 6.92 Å². The van der Waals surface area contributed by atoms with Crippen molar-refractivity contribution in [1.82, 2.24) is 15.1 Å². The minimum Gasteiger partial charge on any atom is -0.480 e. The normalized spacial score (nSPS) is 29.2. The third-order valence-corrected chi connectivity index (χ3v) is 3.73. The molecule has 1 aromatic rings. The maximum Gasteiger partial charge on any atom is 0.323 e. The van der Waals surface area contributed by atoms with Gasteiger partial charge >= 0.3 is 5.97 Å². The van der Waals surface area contributed by atoms with Crippen LogP contribution in [0.2, 0.25) is 0 Å². The molecule has 5 heteroatoms. The third kappa shape index (κ3) is 2.20. The van der Waals surface area contributed by atoms with Gasteiger partial charge < -0.3 is 10.4 Å². The van der Waals surface area contributed by atoms with Crippen molar-refractivity contribution in [2.24, 2.45) is 0 Å². The average molecular weight is 237 g/mol. The van der Waals surface area contributed by atoms with E-state index in [2.05, 4.69) is 10.4 Å². The van der Waals surface area contributed by atoms with Gasteiger partial charge in [0.1, 0.15) is 5.54 Å². The smallest absolute Gasteiger partial charge is 0.323 e. The monoisotopic (exact) mass is 237 g/mol. The summed E-state index contributed by atoms with van der Waals surface area (Å²) in [5.74, 6) is -0.756. The zero-order valence-electron chi connectivity index (χ0n) is 10.3. The lowest BCUT2D eigenvalue weighted by atomic mass is 9.79. The second kappa shape index (κ2) is 4.49. The summed E-state index contributed by atoms with van der Waals surface area (Å²) in [4.78, 5) is 11.4. The van der Waals surface area contributed by atoms with E-state index in [1.165, 1.54) is 0 Å². The SMILES string of the molecule is CNC1(C(=O)O)CCCC(n2ccc(C)n2)C1. The summed E-state index contributed by atoms with van der Waals surface area (Å²) in [5, 5.41) is 16.7. The molecule has 1 aliphatic rings. The van der Waals surface area contributed by atoms with Crippen LogP contribution in [-0.4, -0.2) is 33.4 Å². The Balaban J connectivity index is 2.19. The highest BCUT2D eigenvalue weighted by atomic mass is 16.4. The standard InChI is InChI=1S/C12H19N3O2/c1-9-5-7-15(14-9)10-4-3-6-12(8-10,13-2)11(16)17/h5,7,10,13H,3-4,6,8H2,1-2H3,(H,16,17). The third-order valence-electron chi connectivity index (χ3n) is 3.73. The van der Waals surface area contributed by atoms with Crippen LogP contribution in [0.25, 0.3) is 0 Å². The van der Waals surface area contributed by atoms with E-state index in [9.17, 15) is 9.90 Å². The zero-order chi connectivity index (χ0) is 12.5. The fourth-order valence-electron chi connectivity index (χ4n) is 2.64. The van der Waals surface area contributed by atoms with Gasteiger partial charge in [-0.05, 0) is 45.7 Å². The van der Waals surface area contributed by atoms with Crippen molar-refractivity contribution in [1.29, 1.82) is 0 Å². The van der Waals surface area contributed by atoms with Crippen molar-refractivity contribution in [2.45, 2.75) is 44.2 Å². The number of carboxylic acid groups (broad SMARTS) is 1. The fraction of sp³-hybridized carbons (Fsp3) is 0.667. The molecule has 1 aliphatic carbocycles. The number of likely N-dealkylation sites (N-methyl/N-ethyl adjacent to an activating group) is 1. The molecule has 0 spiro atoms. The van der Waals surface area contributed by atoms with E-state index in [1.54, 1.807) is 7.05 Å². The van der Waals surface area contributed by atoms with Crippen LogP contribution in [0.4, 0.5) is 0 Å². The van der Waals surface area contributed by atoms with E-state index in [4.69, 9.17) is 0 Å². The maximum absolute atomic E-state index is 11.4. The predicted molar refractivity (Wildman–Crippen MR) is 63.9 cm³/mol. The largest absolute Gasteiger partial charge is 0.480 e. The van der Waals surface area contributed by atoms with Crippen molar-refractivity contribution in [2.75, 3.05) is 7.05 Å². The van der Waals surface area contributed by atoms with E-state index in [-0.39, 0.29) is 6.04 Å². The van der Waals surface area contributed by atoms with Crippen LogP contribution in [0.15, 0.2) is 12.3 Å². The number of aryl methyl sites for hydroxylation is 1. The van der Waals surface area contributed by atoms with Crippen LogP contribution >= 0.6 is 0 Å². The van der Waals surface area contributed by atoms with Crippen molar-refractivity contribution in [3.63, 3.8) is 0 Å². The van der Waals surface area contributed by atoms with Gasteiger partial charge in [0.2, 0.25) is 0 Å². The van der Waals surface area contributed by atoms with Gasteiger partial charge in [0.15, 0.2) is 0 Å². The molecule has 2 rings (SSSR count). The van der Waals surface area contributed by atoms with Crippen LogP contribution in [0.5, 0.6) is 0 Å². The van der Waals surface area contributed by atoms with E-state index in [0.717, 1.165) is 18.5 Å². The first-order valence-corrected chi connectivity index (χ1v) is 6.01. The number of nitrogens with one attached hydrogen (secondary N) is 1. The van der Waals surface area contributed by atoms with Gasteiger partial charge in [-0.1, -0.05) is 0 Å². The molecule has 17 heavy (non-hydrogen) atoms. The summed E-state index contributed by atoms with van der Waals surface area (Å²) >= 11 is 0. The van der Waals surface area contributed by atoms with E-state index < -0.39 is 11.5 Å². The molecular formula is C12H19N3O2. The second-order valence-electron chi connectivity index (χ2n) is 4.82. The topological polar surface area (TPSA) is 67.2 Å². The van der Waals surface area contributed by atoms with E-state index in [0.29, 0.717) is 12.8 Å². The van der Waals surface area contributed by atoms with Crippen molar-refractivity contribution in [3.8, 4) is 0 Å². The van der Waals surface area contributed by atoms with Crippen molar-refractivity contribution < 1.29 is 9.90 Å². The van der Waals surface area contributed by atoms with Gasteiger partial charge in [-0.15, -0.1) is 0 Å². The second-order valence-corrected chi connectivity index (χ2v) is 4.82. The summed E-state index contributed by atoms with van der Waals surface area (Å²) in [6.45, 7) is 1.95. The quantitative estimate of drug-likeness (QED) is 0.832. The van der Waals surface area contributed by atoms with Crippen molar-refractivity contribution >= 4 is 5.97 Å². The highest BCUT2D eigenvalue weighted by molar-refractivity contribution is 5.79. The lowest BCUT2D eigenvalue weighted by Crippen LogP contribution is -2.53. The summed E-state index contributed by atoms with van der Waals surface area (Å²) in [6.07, 6.45) is 5.14. The number of carboxylic acids is 1. The molecule has 0 radical (unpaired) electrons. The summed E-state index contributed by atoms with van der Waals surface area (Å²) < 4.78 is 1.91. The van der Waals surface area contributed by atoms with Crippen molar-refractivity contribution in [3.05, 3.63) is 18.0 Å². The first kappa shape index (κ1) is 12.1. The molecule has 0 aromatic carbocycles. The van der Waals surface area contributed by atoms with Gasteiger partial charge in [0.05, 0.1) is 11.7 Å². The number of nitrogens with zero attached hydrogens (tertiary/aromatic N) is 2. The highest BCUT2D eigenvalue weighted by Crippen LogP contribution is 2.35. The Bertz CT molecular complexity index is 416. The predicted octanol–water partition coefficient (Wildman–Crippen LogP) is 1.35. The van der Waals surface area contributed by atoms with Gasteiger partial charge in [-0.2, -0.15) is 5.10 Å². The van der Waals surface area contributed by atoms with Crippen LogP contribution in [0.3, 0.4) is 0 Å². The Hall–Kier alpha value is -1.36. The van der Waals surface area contributed by atoms with Gasteiger partial charge in [-0.25, -0.2) is 0 Å². The van der Waals surface area contributed by atoms with E-state index in [1.807, 2.05) is 23.9 Å². The lowest BCUT2D eigenvalue weighted by molar-refractivity contribution is -0.146. The molecule has 0 saturated heterocycles. The number of rotatable bonds is 3. The molecule has 0 bridgehead atoms. The molecule has 1 saturated carbocycles. The Kier molecular flexibility index (Phi) is 3.19. The molecular weight excluding hydrogens is 218 g/mol. The molecule has 2 N–H and O–H groups in total. The molecule has 94 valence electrons. The Morgan fingerprint density at radius 3 is 3.00 bits per heavy atom. The van der Waals surface area contributed by atoms with Gasteiger partial charge in [0, 0.05) is 6.20 Å². The van der Waals surface area contributed by atoms with Crippen LogP contribution in [0.1, 0.15) is 37.4 Å². The molecule has 0 aliphatic heterocycles. The molecule has 1 fully saturated rings. The minimum atomic E-state index is -0.789. The average Bonchev–Trinajstić information content (AvgIpc) is 2.76. The lowest BCUT2D eigenvalue weighted by Gasteiger charge is -2.37. The van der Waals surface area contributed by atoms with Gasteiger partial charge in [0.25, 0.3) is 0 Å². The first-order chi connectivity index (χ1) is 8.07. The first-order valence-electron chi connectivity index (χ1n) is 6.01. The number of aromatic nitrogens is 2. The van der Waals surface area contributed by atoms with Crippen LogP contribution in [-0.2, 0) is 4.79 Å². The number of hydrogen-bond acceptors (Lipinski definition) is 3. The summed E-state index contributed by atoms with van der Waals surface area (Å²) in [6, 6.07) is 2.14. The fourth-order valence-corrected chi connectivity index (χ4v) is 2.64. The molecule has 2 atom stereocenters. The molecule has 1 aromatic heterocycles. The number of aliphatic carboxylic acids is 1. The maximum atomic E-state index is 11.4. The molecule has 0 amide bonds. The van der Waals surface area contributed by atoms with E-state index >= 15 is 0 Å². The van der Waals surface area contributed by atoms with Crippen LogP contribution < -0.4 is 5.32 Å². The zero-order valence-corrected chi connectivity index (χ0v) is 10.3.